The molecule has 0 aliphatic rings. The van der Waals surface area contributed by atoms with Gasteiger partial charge in [0, 0.05) is 52.1 Å². The van der Waals surface area contributed by atoms with E-state index < -0.39 is 79.8 Å². The molecule has 2 heterocycles. The SMILES string of the molecule is [2H]c1c([2H])c(C(C([2H])([2H])[2H])(C([2H])([2H])[2H])C([2H])([2H])[2H])c([2H])c([2H])c1-c1ccnc(-c2[c-]c(-c3cccc4c3nc(-c3ccccc3O)n4-c3ccc(-c4cc(C([2H])(C)C)cc(C([2H])(C)C)c4)cc3C([2H])([2H])[2H])cc(C(C)(C)C)c2)c1.[Pt]. The van der Waals surface area contributed by atoms with Crippen LogP contribution in [-0.4, -0.2) is 19.6 Å². The number of hydrogen-bond donors (Lipinski definition) is 1. The molecule has 2 aromatic heterocycles. The van der Waals surface area contributed by atoms with E-state index in [0.717, 1.165) is 5.56 Å². The number of hydrogen-bond acceptors (Lipinski definition) is 3. The predicted octanol–water partition coefficient (Wildman–Crippen LogP) is 15.4. The molecular formula is C57H58N3OPt-. The van der Waals surface area contributed by atoms with Crippen molar-refractivity contribution in [2.24, 2.45) is 0 Å². The zero-order chi connectivity index (χ0) is 58.7. The summed E-state index contributed by atoms with van der Waals surface area (Å²) in [5.74, 6) is -1.96. The van der Waals surface area contributed by atoms with Crippen LogP contribution < -0.4 is 0 Å². The van der Waals surface area contributed by atoms with Gasteiger partial charge in [-0.05, 0) is 110 Å². The van der Waals surface area contributed by atoms with E-state index in [-0.39, 0.29) is 60.7 Å². The van der Waals surface area contributed by atoms with Gasteiger partial charge in [0.15, 0.2) is 0 Å². The second-order valence-electron chi connectivity index (χ2n) is 16.9. The van der Waals surface area contributed by atoms with E-state index in [4.69, 9.17) is 29.7 Å². The Bertz CT molecular complexity index is 3610. The zero-order valence-electron chi connectivity index (χ0n) is 53.5. The van der Waals surface area contributed by atoms with Gasteiger partial charge in [0.1, 0.15) is 11.6 Å². The second kappa shape index (κ2) is 17.3. The number of phenolic OH excluding ortho intramolecular Hbond substituents is 1. The van der Waals surface area contributed by atoms with Crippen LogP contribution in [0.25, 0.3) is 72.7 Å². The molecule has 0 saturated carbocycles. The van der Waals surface area contributed by atoms with Gasteiger partial charge < -0.3 is 5.11 Å². The first-order chi connectivity index (χ1) is 36.2. The Morgan fingerprint density at radius 1 is 0.677 bits per heavy atom. The maximum Gasteiger partial charge on any atom is 0.148 e. The third-order valence-electron chi connectivity index (χ3n) is 10.8. The summed E-state index contributed by atoms with van der Waals surface area (Å²) in [4.78, 5) is 9.82. The Morgan fingerprint density at radius 2 is 1.35 bits per heavy atom. The van der Waals surface area contributed by atoms with Crippen molar-refractivity contribution in [1.82, 2.24) is 14.5 Å². The summed E-state index contributed by atoms with van der Waals surface area (Å²) >= 11 is 0. The quantitative estimate of drug-likeness (QED) is 0.154. The molecule has 6 aromatic carbocycles. The molecule has 0 amide bonds. The van der Waals surface area contributed by atoms with E-state index in [1.165, 1.54) is 24.4 Å². The van der Waals surface area contributed by atoms with Crippen LogP contribution in [0.2, 0.25) is 0 Å². The van der Waals surface area contributed by atoms with Gasteiger partial charge in [-0.3, -0.25) is 9.55 Å². The van der Waals surface area contributed by atoms with Gasteiger partial charge in [-0.1, -0.05) is 159 Å². The Kier molecular flexibility index (Phi) is 7.48. The second-order valence-corrected chi connectivity index (χ2v) is 16.9. The van der Waals surface area contributed by atoms with E-state index in [1.54, 1.807) is 80.8 Å². The molecule has 318 valence electrons. The van der Waals surface area contributed by atoms with Gasteiger partial charge >= 0.3 is 0 Å². The van der Waals surface area contributed by atoms with Crippen molar-refractivity contribution in [3.8, 4) is 67.5 Å². The molecule has 4 nitrogen and oxygen atoms in total. The summed E-state index contributed by atoms with van der Waals surface area (Å²) in [6.45, 7) is -1.24. The Balaban J connectivity index is 0.00000924. The summed E-state index contributed by atoms with van der Waals surface area (Å²) < 4.78 is 156. The molecule has 0 radical (unpaired) electrons. The average molecular weight is 1010 g/mol. The molecule has 1 N–H and O–H groups in total. The van der Waals surface area contributed by atoms with Crippen molar-refractivity contribution < 1.29 is 50.8 Å². The third kappa shape index (κ3) is 8.86. The minimum absolute atomic E-state index is 0. The summed E-state index contributed by atoms with van der Waals surface area (Å²) in [5, 5.41) is 11.4. The van der Waals surface area contributed by atoms with Gasteiger partial charge in [-0.25, -0.2) is 4.98 Å². The summed E-state index contributed by atoms with van der Waals surface area (Å²) in [5.41, 5.74) is 0.445. The minimum Gasteiger partial charge on any atom is -0.507 e. The summed E-state index contributed by atoms with van der Waals surface area (Å²) in [7, 11) is 0. The first-order valence-electron chi connectivity index (χ1n) is 29.0. The number of benzene rings is 6. The molecule has 62 heavy (non-hydrogen) atoms. The fourth-order valence-electron chi connectivity index (χ4n) is 7.35. The van der Waals surface area contributed by atoms with Crippen molar-refractivity contribution in [3.05, 3.63) is 167 Å². The molecule has 8 rings (SSSR count). The number of pyridine rings is 1. The van der Waals surface area contributed by atoms with Crippen LogP contribution in [0.4, 0.5) is 0 Å². The van der Waals surface area contributed by atoms with Crippen molar-refractivity contribution >= 4 is 11.0 Å². The summed E-state index contributed by atoms with van der Waals surface area (Å²) in [6.07, 6.45) is 1.36. The molecule has 0 fully saturated rings. The molecule has 5 heteroatoms. The molecule has 0 saturated heterocycles. The third-order valence-corrected chi connectivity index (χ3v) is 10.8. The van der Waals surface area contributed by atoms with Crippen LogP contribution in [0.3, 0.4) is 0 Å². The first kappa shape index (κ1) is 26.8. The monoisotopic (exact) mass is 1010 g/mol. The molecule has 0 bridgehead atoms. The minimum atomic E-state index is -3.84. The molecular weight excluding hydrogens is 938 g/mol. The molecule has 0 atom stereocenters. The molecule has 0 unspecified atom stereocenters. The number of rotatable bonds is 8. The largest absolute Gasteiger partial charge is 0.507 e. The van der Waals surface area contributed by atoms with Gasteiger partial charge in [0.05, 0.1) is 27.8 Å². The predicted molar refractivity (Wildman–Crippen MR) is 257 cm³/mol. The smallest absolute Gasteiger partial charge is 0.148 e. The number of imidazole rings is 1. The fraction of sp³-hybridized carbons (Fsp3) is 0.263. The van der Waals surface area contributed by atoms with E-state index in [9.17, 15) is 5.11 Å². The maximum absolute atomic E-state index is 11.4. The van der Waals surface area contributed by atoms with Gasteiger partial charge in [0.2, 0.25) is 0 Å². The molecule has 0 aliphatic carbocycles. The number of para-hydroxylation sites is 2. The summed E-state index contributed by atoms with van der Waals surface area (Å²) in [6, 6.07) is 28.6. The van der Waals surface area contributed by atoms with Crippen molar-refractivity contribution in [2.45, 2.75) is 98.5 Å². The topological polar surface area (TPSA) is 50.9 Å². The van der Waals surface area contributed by atoms with Gasteiger partial charge in [-0.2, -0.15) is 0 Å². The van der Waals surface area contributed by atoms with Crippen LogP contribution >= 0.6 is 0 Å². The number of nitrogens with zero attached hydrogens (tertiary/aromatic N) is 3. The van der Waals surface area contributed by atoms with Crippen molar-refractivity contribution in [1.29, 1.82) is 0 Å². The number of aromatic nitrogens is 3. The first-order valence-corrected chi connectivity index (χ1v) is 20.0. The van der Waals surface area contributed by atoms with Gasteiger partial charge in [-0.15, -0.1) is 29.3 Å². The van der Waals surface area contributed by atoms with Crippen molar-refractivity contribution in [3.63, 3.8) is 0 Å². The van der Waals surface area contributed by atoms with Crippen LogP contribution in [0.15, 0.2) is 133 Å². The number of aryl methyl sites for hydroxylation is 1. The van der Waals surface area contributed by atoms with Crippen LogP contribution in [0, 0.1) is 12.9 Å². The van der Waals surface area contributed by atoms with Crippen LogP contribution in [0.5, 0.6) is 5.75 Å². The normalized spacial score (nSPS) is 17.4. The fourth-order valence-corrected chi connectivity index (χ4v) is 7.35. The Hall–Kier alpha value is -5.57. The Morgan fingerprint density at radius 3 is 2.02 bits per heavy atom. The average Bonchev–Trinajstić information content (AvgIpc) is 3.71. The molecule has 0 spiro atoms. The number of aromatic hydroxyl groups is 1. The van der Waals surface area contributed by atoms with Crippen LogP contribution in [0.1, 0.15) is 133 Å². The molecule has 0 aliphatic heterocycles. The Labute approximate surface area is 408 Å². The van der Waals surface area contributed by atoms with Crippen LogP contribution in [-0.2, 0) is 31.9 Å². The van der Waals surface area contributed by atoms with E-state index in [0.29, 0.717) is 55.5 Å². The van der Waals surface area contributed by atoms with E-state index in [1.807, 2.05) is 57.2 Å². The van der Waals surface area contributed by atoms with Crippen molar-refractivity contribution in [2.75, 3.05) is 0 Å². The maximum atomic E-state index is 11.4. The number of fused-ring (bicyclic) bond motifs is 1. The standard InChI is InChI=1S/C57H58N3O.Pt/c1-35(2)41-28-42(36(3)4)30-43(29-41)39-21-24-51(37(5)27-39)60-52-17-14-16-48(54(52)59-55(60)49-15-12-13-18-53(49)61)44-31-45(33-47(32-44)57(9,10)11)50-34-40(25-26-58-50)38-19-22-46(23-20-38)56(6,7)8;/h12-30,32-36,61H,1-11H3;/q-1;/i5D3,6D3,7D3,8D3,19D,20D,22D,23D,35D,36D;. The van der Waals surface area contributed by atoms with E-state index >= 15 is 0 Å². The van der Waals surface area contributed by atoms with Gasteiger partial charge in [0.25, 0.3) is 0 Å². The zero-order valence-corrected chi connectivity index (χ0v) is 37.8. The molecule has 8 aromatic rings. The number of phenols is 1. The van der Waals surface area contributed by atoms with E-state index in [2.05, 4.69) is 11.1 Å².